The van der Waals surface area contributed by atoms with E-state index in [0.29, 0.717) is 31.0 Å². The number of esters is 1. The first kappa shape index (κ1) is 26.8. The van der Waals surface area contributed by atoms with Gasteiger partial charge in [0.25, 0.3) is 5.91 Å². The molecule has 2 aromatic rings. The number of carbonyl (C=O) groups excluding carboxylic acids is 2. The molecular formula is C24H26BrN3O6S. The van der Waals surface area contributed by atoms with Crippen molar-refractivity contribution in [1.82, 2.24) is 9.62 Å². The second kappa shape index (κ2) is 12.8. The Kier molecular flexibility index (Phi) is 9.83. The number of anilines is 1. The van der Waals surface area contributed by atoms with Crippen LogP contribution in [0.25, 0.3) is 0 Å². The fourth-order valence-electron chi connectivity index (χ4n) is 3.19. The Balaban J connectivity index is 1.62. The molecule has 11 heteroatoms. The van der Waals surface area contributed by atoms with Gasteiger partial charge in [-0.15, -0.1) is 0 Å². The van der Waals surface area contributed by atoms with E-state index in [1.807, 2.05) is 0 Å². The van der Waals surface area contributed by atoms with E-state index in [1.165, 1.54) is 31.4 Å². The number of benzene rings is 2. The molecule has 1 heterocycles. The van der Waals surface area contributed by atoms with Crippen LogP contribution in [-0.4, -0.2) is 71.2 Å². The minimum Gasteiger partial charge on any atom is -0.468 e. The number of ether oxygens (including phenoxy) is 2. The Bertz CT molecular complexity index is 1180. The third kappa shape index (κ3) is 8.16. The fraction of sp³-hybridized carbons (Fsp3) is 0.333. The summed E-state index contributed by atoms with van der Waals surface area (Å²) < 4.78 is 38.9. The van der Waals surface area contributed by atoms with Gasteiger partial charge in [0.15, 0.2) is 0 Å². The van der Waals surface area contributed by atoms with E-state index in [1.54, 1.807) is 24.3 Å². The van der Waals surface area contributed by atoms with Gasteiger partial charge in [-0.05, 0) is 48.5 Å². The summed E-state index contributed by atoms with van der Waals surface area (Å²) in [6.07, 6.45) is -0.0302. The topological polar surface area (TPSA) is 114 Å². The summed E-state index contributed by atoms with van der Waals surface area (Å²) in [4.78, 5) is 26.6. The van der Waals surface area contributed by atoms with Crippen LogP contribution < -0.4 is 10.0 Å². The number of morpholine rings is 1. The second-order valence-electron chi connectivity index (χ2n) is 7.63. The molecule has 0 bridgehead atoms. The molecule has 1 aliphatic rings. The summed E-state index contributed by atoms with van der Waals surface area (Å²) in [5.41, 5.74) is 0.887. The van der Waals surface area contributed by atoms with Gasteiger partial charge in [0, 0.05) is 35.2 Å². The molecule has 1 atom stereocenters. The van der Waals surface area contributed by atoms with Crippen molar-refractivity contribution in [2.75, 3.05) is 45.3 Å². The summed E-state index contributed by atoms with van der Waals surface area (Å²) in [5, 5.41) is 2.71. The van der Waals surface area contributed by atoms with E-state index in [2.05, 4.69) is 42.7 Å². The zero-order chi connectivity index (χ0) is 25.3. The maximum absolute atomic E-state index is 12.8. The van der Waals surface area contributed by atoms with Crippen LogP contribution in [0, 0.1) is 11.8 Å². The second-order valence-corrected chi connectivity index (χ2v) is 10.3. The third-order valence-corrected chi connectivity index (χ3v) is 7.17. The minimum absolute atomic E-state index is 0.0302. The van der Waals surface area contributed by atoms with E-state index in [-0.39, 0.29) is 17.2 Å². The first-order valence-corrected chi connectivity index (χ1v) is 13.1. The molecule has 2 N–H and O–H groups in total. The quantitative estimate of drug-likeness (QED) is 0.374. The van der Waals surface area contributed by atoms with Crippen LogP contribution in [0.5, 0.6) is 0 Å². The highest BCUT2D eigenvalue weighted by Crippen LogP contribution is 2.17. The maximum atomic E-state index is 12.8. The molecule has 0 spiro atoms. The summed E-state index contributed by atoms with van der Waals surface area (Å²) in [5.74, 6) is 4.77. The number of carbonyl (C=O) groups is 2. The number of amides is 1. The molecule has 1 aliphatic heterocycles. The lowest BCUT2D eigenvalue weighted by Gasteiger charge is -2.24. The van der Waals surface area contributed by atoms with E-state index < -0.39 is 22.0 Å². The first-order chi connectivity index (χ1) is 16.8. The van der Waals surface area contributed by atoms with Crippen molar-refractivity contribution in [2.45, 2.75) is 17.4 Å². The molecule has 0 radical (unpaired) electrons. The molecule has 186 valence electrons. The number of sulfonamides is 1. The molecule has 1 saturated heterocycles. The number of hydrogen-bond donors (Lipinski definition) is 2. The summed E-state index contributed by atoms with van der Waals surface area (Å²) in [6, 6.07) is 11.3. The molecule has 0 saturated carbocycles. The van der Waals surface area contributed by atoms with Crippen LogP contribution in [0.3, 0.4) is 0 Å². The number of nitrogens with zero attached hydrogens (tertiary/aromatic N) is 1. The lowest BCUT2D eigenvalue weighted by molar-refractivity contribution is -0.142. The molecule has 3 rings (SSSR count). The standard InChI is InChI=1S/C24H26BrN3O6S/c1-33-24(30)22(4-2-3-13-28-14-16-34-17-15-28)27-35(31,32)21-11-9-20(10-12-21)26-23(29)18-5-7-19(25)8-6-18/h5-12,22,27H,4,13-17H2,1H3,(H,26,29). The minimum atomic E-state index is -4.04. The van der Waals surface area contributed by atoms with Gasteiger partial charge >= 0.3 is 5.97 Å². The van der Waals surface area contributed by atoms with E-state index in [9.17, 15) is 18.0 Å². The van der Waals surface area contributed by atoms with Crippen molar-refractivity contribution < 1.29 is 27.5 Å². The van der Waals surface area contributed by atoms with Gasteiger partial charge in [-0.3, -0.25) is 14.5 Å². The highest BCUT2D eigenvalue weighted by molar-refractivity contribution is 9.10. The van der Waals surface area contributed by atoms with Gasteiger partial charge < -0.3 is 14.8 Å². The highest BCUT2D eigenvalue weighted by Gasteiger charge is 2.26. The Labute approximate surface area is 213 Å². The van der Waals surface area contributed by atoms with Gasteiger partial charge in [0.2, 0.25) is 10.0 Å². The predicted molar refractivity (Wildman–Crippen MR) is 134 cm³/mol. The van der Waals surface area contributed by atoms with E-state index in [0.717, 1.165) is 17.6 Å². The van der Waals surface area contributed by atoms with E-state index >= 15 is 0 Å². The Morgan fingerprint density at radius 3 is 2.37 bits per heavy atom. The van der Waals surface area contributed by atoms with Crippen molar-refractivity contribution in [3.05, 3.63) is 58.6 Å². The van der Waals surface area contributed by atoms with Crippen molar-refractivity contribution in [2.24, 2.45) is 0 Å². The maximum Gasteiger partial charge on any atom is 0.324 e. The lowest BCUT2D eigenvalue weighted by atomic mass is 10.2. The Morgan fingerprint density at radius 1 is 1.09 bits per heavy atom. The van der Waals surface area contributed by atoms with Gasteiger partial charge in [0.1, 0.15) is 6.04 Å². The van der Waals surface area contributed by atoms with Crippen LogP contribution in [0.2, 0.25) is 0 Å². The van der Waals surface area contributed by atoms with Crippen molar-refractivity contribution in [1.29, 1.82) is 0 Å². The molecular weight excluding hydrogens is 538 g/mol. The van der Waals surface area contributed by atoms with Gasteiger partial charge in [-0.2, -0.15) is 4.72 Å². The summed E-state index contributed by atoms with van der Waals surface area (Å²) in [6.45, 7) is 3.37. The zero-order valence-electron chi connectivity index (χ0n) is 19.1. The number of nitrogens with one attached hydrogen (secondary N) is 2. The van der Waals surface area contributed by atoms with Crippen LogP contribution in [-0.2, 0) is 24.3 Å². The van der Waals surface area contributed by atoms with Crippen LogP contribution >= 0.6 is 15.9 Å². The predicted octanol–water partition coefficient (Wildman–Crippen LogP) is 2.25. The van der Waals surface area contributed by atoms with Crippen molar-refractivity contribution in [3.63, 3.8) is 0 Å². The number of methoxy groups -OCH3 is 1. The lowest BCUT2D eigenvalue weighted by Crippen LogP contribution is -2.41. The average molecular weight is 564 g/mol. The summed E-state index contributed by atoms with van der Waals surface area (Å²) >= 11 is 3.32. The molecule has 1 amide bonds. The number of hydrogen-bond acceptors (Lipinski definition) is 7. The molecule has 35 heavy (non-hydrogen) atoms. The van der Waals surface area contributed by atoms with Gasteiger partial charge in [0.05, 0.1) is 31.8 Å². The Morgan fingerprint density at radius 2 is 1.74 bits per heavy atom. The molecule has 1 unspecified atom stereocenters. The molecule has 9 nitrogen and oxygen atoms in total. The third-order valence-electron chi connectivity index (χ3n) is 5.15. The molecule has 1 fully saturated rings. The summed E-state index contributed by atoms with van der Waals surface area (Å²) in [7, 11) is -2.85. The monoisotopic (exact) mass is 563 g/mol. The molecule has 0 aliphatic carbocycles. The highest BCUT2D eigenvalue weighted by atomic mass is 79.9. The smallest absolute Gasteiger partial charge is 0.324 e. The molecule has 2 aromatic carbocycles. The van der Waals surface area contributed by atoms with E-state index in [4.69, 9.17) is 9.47 Å². The Hall–Kier alpha value is -2.75. The normalized spacial score (nSPS) is 14.9. The van der Waals surface area contributed by atoms with Gasteiger partial charge in [-0.1, -0.05) is 27.8 Å². The van der Waals surface area contributed by atoms with Crippen LogP contribution in [0.1, 0.15) is 16.8 Å². The van der Waals surface area contributed by atoms with Crippen molar-refractivity contribution >= 4 is 43.5 Å². The first-order valence-electron chi connectivity index (χ1n) is 10.8. The van der Waals surface area contributed by atoms with Gasteiger partial charge in [-0.25, -0.2) is 8.42 Å². The fourth-order valence-corrected chi connectivity index (χ4v) is 4.64. The number of rotatable bonds is 8. The zero-order valence-corrected chi connectivity index (χ0v) is 21.5. The number of halogens is 1. The SMILES string of the molecule is COC(=O)C(CC#CCN1CCOCC1)NS(=O)(=O)c1ccc(NC(=O)c2ccc(Br)cc2)cc1. The largest absolute Gasteiger partial charge is 0.468 e. The average Bonchev–Trinajstić information content (AvgIpc) is 2.86. The molecule has 0 aromatic heterocycles. The van der Waals surface area contributed by atoms with Crippen molar-refractivity contribution in [3.8, 4) is 11.8 Å². The van der Waals surface area contributed by atoms with Crippen LogP contribution in [0.4, 0.5) is 5.69 Å². The van der Waals surface area contributed by atoms with Crippen LogP contribution in [0.15, 0.2) is 57.9 Å².